The van der Waals surface area contributed by atoms with Gasteiger partial charge in [0.25, 0.3) is 0 Å². The van der Waals surface area contributed by atoms with Gasteiger partial charge in [-0.1, -0.05) is 29.8 Å². The number of hydrogen-bond donors (Lipinski definition) is 0. The second kappa shape index (κ2) is 5.10. The lowest BCUT2D eigenvalue weighted by molar-refractivity contribution is -0.136. The summed E-state index contributed by atoms with van der Waals surface area (Å²) in [5.74, 6) is -0.620. The maximum absolute atomic E-state index is 11.1. The molecule has 0 saturated carbocycles. The van der Waals surface area contributed by atoms with Crippen LogP contribution in [0, 0.1) is 6.92 Å². The molecule has 0 amide bonds. The Morgan fingerprint density at radius 1 is 1.27 bits per heavy atom. The Bertz CT molecular complexity index is 388. The van der Waals surface area contributed by atoms with Gasteiger partial charge in [-0.2, -0.15) is 0 Å². The molecule has 0 saturated heterocycles. The van der Waals surface area contributed by atoms with Gasteiger partial charge in [0.1, 0.15) is 0 Å². The number of aryl methyl sites for hydroxylation is 1. The van der Waals surface area contributed by atoms with Gasteiger partial charge in [-0.15, -0.1) is 0 Å². The lowest BCUT2D eigenvalue weighted by atomic mass is 10.1. The number of esters is 1. The molecule has 0 aliphatic rings. The minimum absolute atomic E-state index is 0.0151. The first-order valence-electron chi connectivity index (χ1n) is 4.49. The molecule has 78 valence electrons. The van der Waals surface area contributed by atoms with Crippen LogP contribution in [0.2, 0.25) is 0 Å². The third-order valence-electron chi connectivity index (χ3n) is 1.95. The number of benzene rings is 1. The van der Waals surface area contributed by atoms with Crippen LogP contribution in [0.1, 0.15) is 11.1 Å². The summed E-state index contributed by atoms with van der Waals surface area (Å²) in [6, 6.07) is 7.49. The molecule has 0 aromatic heterocycles. The lowest BCUT2D eigenvalue weighted by Gasteiger charge is -1.98. The molecule has 0 N–H and O–H groups in total. The minimum atomic E-state index is -0.620. The Hall–Kier alpha value is -1.90. The monoisotopic (exact) mass is 204 g/mol. The predicted molar refractivity (Wildman–Crippen MR) is 57.2 cm³/mol. The highest BCUT2D eigenvalue weighted by atomic mass is 16.5. The quantitative estimate of drug-likeness (QED) is 0.248. The second-order valence-electron chi connectivity index (χ2n) is 3.12. The summed E-state index contributed by atoms with van der Waals surface area (Å²) >= 11 is 0. The lowest BCUT2D eigenvalue weighted by Crippen LogP contribution is -2.05. The molecule has 0 spiro atoms. The first-order chi connectivity index (χ1) is 7.17. The molecule has 0 fully saturated rings. The molecule has 3 nitrogen and oxygen atoms in total. The van der Waals surface area contributed by atoms with Crippen LogP contribution >= 0.6 is 0 Å². The minimum Gasteiger partial charge on any atom is -0.465 e. The number of rotatable bonds is 3. The molecule has 0 aliphatic heterocycles. The van der Waals surface area contributed by atoms with E-state index in [4.69, 9.17) is 0 Å². The molecular weight excluding hydrogens is 192 g/mol. The van der Waals surface area contributed by atoms with Gasteiger partial charge in [0.05, 0.1) is 12.7 Å². The number of carbonyl (C=O) groups excluding carboxylic acids is 2. The first-order valence-corrected chi connectivity index (χ1v) is 4.49. The van der Waals surface area contributed by atoms with Crippen molar-refractivity contribution in [3.8, 4) is 0 Å². The van der Waals surface area contributed by atoms with E-state index in [1.807, 2.05) is 31.2 Å². The van der Waals surface area contributed by atoms with Crippen molar-refractivity contribution in [2.24, 2.45) is 0 Å². The Morgan fingerprint density at radius 3 is 2.33 bits per heavy atom. The Morgan fingerprint density at radius 2 is 1.87 bits per heavy atom. The molecule has 3 heteroatoms. The number of hydrogen-bond acceptors (Lipinski definition) is 3. The van der Waals surface area contributed by atoms with Crippen molar-refractivity contribution in [2.45, 2.75) is 6.92 Å². The van der Waals surface area contributed by atoms with Crippen molar-refractivity contribution < 1.29 is 14.3 Å². The van der Waals surface area contributed by atoms with Gasteiger partial charge in [0.2, 0.25) is 0 Å². The van der Waals surface area contributed by atoms with Gasteiger partial charge in [-0.3, -0.25) is 4.79 Å². The van der Waals surface area contributed by atoms with Gasteiger partial charge in [0, 0.05) is 0 Å². The van der Waals surface area contributed by atoms with Crippen LogP contribution in [0.15, 0.2) is 29.8 Å². The summed E-state index contributed by atoms with van der Waals surface area (Å²) in [7, 11) is 1.24. The predicted octanol–water partition coefficient (Wildman–Crippen LogP) is 1.75. The smallest absolute Gasteiger partial charge is 0.341 e. The summed E-state index contributed by atoms with van der Waals surface area (Å²) in [4.78, 5) is 21.7. The molecular formula is C12H12O3. The van der Waals surface area contributed by atoms with E-state index < -0.39 is 5.97 Å². The van der Waals surface area contributed by atoms with E-state index >= 15 is 0 Å². The van der Waals surface area contributed by atoms with Gasteiger partial charge in [-0.05, 0) is 18.6 Å². The van der Waals surface area contributed by atoms with Crippen LogP contribution in [0.25, 0.3) is 6.08 Å². The molecule has 1 aromatic rings. The van der Waals surface area contributed by atoms with Gasteiger partial charge < -0.3 is 4.74 Å². The molecule has 0 bridgehead atoms. The SMILES string of the molecule is COC(=O)/C(C=O)=C\c1ccc(C)cc1. The average Bonchev–Trinajstić information content (AvgIpc) is 2.27. The summed E-state index contributed by atoms with van der Waals surface area (Å²) < 4.78 is 4.46. The Labute approximate surface area is 88.4 Å². The average molecular weight is 204 g/mol. The molecule has 0 atom stereocenters. The molecule has 0 radical (unpaired) electrons. The van der Waals surface area contributed by atoms with Gasteiger partial charge in [0.15, 0.2) is 6.29 Å². The van der Waals surface area contributed by atoms with Crippen LogP contribution in [0.4, 0.5) is 0 Å². The second-order valence-corrected chi connectivity index (χ2v) is 3.12. The highest BCUT2D eigenvalue weighted by molar-refractivity contribution is 6.11. The highest BCUT2D eigenvalue weighted by Gasteiger charge is 2.07. The summed E-state index contributed by atoms with van der Waals surface area (Å²) in [6.07, 6.45) is 1.99. The van der Waals surface area contributed by atoms with Crippen molar-refractivity contribution in [1.29, 1.82) is 0 Å². The topological polar surface area (TPSA) is 43.4 Å². The van der Waals surface area contributed by atoms with Crippen LogP contribution in [0.3, 0.4) is 0 Å². The number of methoxy groups -OCH3 is 1. The van der Waals surface area contributed by atoms with Crippen LogP contribution in [0.5, 0.6) is 0 Å². The zero-order valence-electron chi connectivity index (χ0n) is 8.69. The van der Waals surface area contributed by atoms with E-state index in [0.717, 1.165) is 11.1 Å². The maximum atomic E-state index is 11.1. The van der Waals surface area contributed by atoms with E-state index in [1.165, 1.54) is 13.2 Å². The summed E-state index contributed by atoms with van der Waals surface area (Å²) in [6.45, 7) is 1.97. The van der Waals surface area contributed by atoms with E-state index in [-0.39, 0.29) is 5.57 Å². The van der Waals surface area contributed by atoms with Gasteiger partial charge in [-0.25, -0.2) is 4.79 Å². The Balaban J connectivity index is 2.98. The van der Waals surface area contributed by atoms with Crippen LogP contribution in [-0.2, 0) is 14.3 Å². The van der Waals surface area contributed by atoms with Crippen molar-refractivity contribution in [3.63, 3.8) is 0 Å². The molecule has 15 heavy (non-hydrogen) atoms. The van der Waals surface area contributed by atoms with E-state index in [2.05, 4.69) is 4.74 Å². The maximum Gasteiger partial charge on any atom is 0.341 e. The fourth-order valence-corrected chi connectivity index (χ4v) is 1.10. The van der Waals surface area contributed by atoms with E-state index in [9.17, 15) is 9.59 Å². The third-order valence-corrected chi connectivity index (χ3v) is 1.95. The molecule has 0 aliphatic carbocycles. The Kier molecular flexibility index (Phi) is 3.80. The van der Waals surface area contributed by atoms with Crippen LogP contribution < -0.4 is 0 Å². The zero-order chi connectivity index (χ0) is 11.3. The molecule has 1 rings (SSSR count). The molecule has 0 unspecified atom stereocenters. The fourth-order valence-electron chi connectivity index (χ4n) is 1.10. The first kappa shape index (κ1) is 11.2. The van der Waals surface area contributed by atoms with E-state index in [0.29, 0.717) is 6.29 Å². The number of carbonyl (C=O) groups is 2. The third kappa shape index (κ3) is 3.06. The number of ether oxygens (including phenoxy) is 1. The molecule has 1 aromatic carbocycles. The normalized spacial score (nSPS) is 10.9. The van der Waals surface area contributed by atoms with Crippen molar-refractivity contribution in [3.05, 3.63) is 41.0 Å². The van der Waals surface area contributed by atoms with E-state index in [1.54, 1.807) is 0 Å². The largest absolute Gasteiger partial charge is 0.465 e. The van der Waals surface area contributed by atoms with Crippen molar-refractivity contribution in [1.82, 2.24) is 0 Å². The fraction of sp³-hybridized carbons (Fsp3) is 0.167. The summed E-state index contributed by atoms with van der Waals surface area (Å²) in [5, 5.41) is 0. The number of aldehydes is 1. The molecule has 0 heterocycles. The van der Waals surface area contributed by atoms with Crippen LogP contribution in [-0.4, -0.2) is 19.4 Å². The van der Waals surface area contributed by atoms with Crippen molar-refractivity contribution in [2.75, 3.05) is 7.11 Å². The highest BCUT2D eigenvalue weighted by Crippen LogP contribution is 2.08. The van der Waals surface area contributed by atoms with Crippen molar-refractivity contribution >= 4 is 18.3 Å². The van der Waals surface area contributed by atoms with Gasteiger partial charge >= 0.3 is 5.97 Å². The zero-order valence-corrected chi connectivity index (χ0v) is 8.69. The summed E-state index contributed by atoms with van der Waals surface area (Å²) in [5.41, 5.74) is 1.94. The standard InChI is InChI=1S/C12H12O3/c1-9-3-5-10(6-4-9)7-11(8-13)12(14)15-2/h3-8H,1-2H3/b11-7-.